The summed E-state index contributed by atoms with van der Waals surface area (Å²) in [6, 6.07) is 22.9. The van der Waals surface area contributed by atoms with Crippen LogP contribution in [-0.2, 0) is 13.2 Å². The van der Waals surface area contributed by atoms with E-state index in [0.717, 1.165) is 22.3 Å². The first-order valence-electron chi connectivity index (χ1n) is 8.37. The van der Waals surface area contributed by atoms with Gasteiger partial charge in [-0.15, -0.1) is 0 Å². The van der Waals surface area contributed by atoms with Crippen molar-refractivity contribution in [1.82, 2.24) is 0 Å². The molecule has 0 aliphatic carbocycles. The zero-order valence-electron chi connectivity index (χ0n) is 14.6. The maximum absolute atomic E-state index is 5.92. The first-order valence-corrected chi connectivity index (χ1v) is 9.17. The van der Waals surface area contributed by atoms with Crippen molar-refractivity contribution in [3.8, 4) is 5.75 Å². The highest BCUT2D eigenvalue weighted by Crippen LogP contribution is 2.20. The fraction of sp³-hybridized carbons (Fsp3) is 0.182. The minimum Gasteiger partial charge on any atom is -0.489 e. The molecule has 0 bridgehead atoms. The van der Waals surface area contributed by atoms with Crippen LogP contribution in [0.3, 0.4) is 0 Å². The molecule has 3 rings (SSSR count). The van der Waals surface area contributed by atoms with Crippen molar-refractivity contribution in [1.29, 1.82) is 0 Å². The molecule has 1 N–H and O–H groups in total. The summed E-state index contributed by atoms with van der Waals surface area (Å²) in [5.41, 5.74) is 6.08. The number of hydrogen-bond donors (Lipinski definition) is 1. The molecule has 128 valence electrons. The second-order valence-corrected chi connectivity index (χ2v) is 7.15. The summed E-state index contributed by atoms with van der Waals surface area (Å²) in [5, 5.41) is 3.50. The fourth-order valence-corrected chi connectivity index (χ4v) is 2.97. The Bertz CT molecular complexity index is 843. The highest BCUT2D eigenvalue weighted by molar-refractivity contribution is 9.10. The van der Waals surface area contributed by atoms with Gasteiger partial charge < -0.3 is 10.1 Å². The fourth-order valence-electron chi connectivity index (χ4n) is 2.70. The second kappa shape index (κ2) is 8.21. The van der Waals surface area contributed by atoms with Crippen molar-refractivity contribution in [2.24, 2.45) is 0 Å². The normalized spacial score (nSPS) is 10.5. The Kier molecular flexibility index (Phi) is 5.77. The average Bonchev–Trinajstić information content (AvgIpc) is 2.61. The van der Waals surface area contributed by atoms with Gasteiger partial charge in [0, 0.05) is 16.7 Å². The molecule has 3 aromatic carbocycles. The summed E-state index contributed by atoms with van der Waals surface area (Å²) in [6.07, 6.45) is 0. The predicted molar refractivity (Wildman–Crippen MR) is 108 cm³/mol. The highest BCUT2D eigenvalue weighted by atomic mass is 79.9. The highest BCUT2D eigenvalue weighted by Gasteiger charge is 2.01. The van der Waals surface area contributed by atoms with E-state index in [1.165, 1.54) is 22.4 Å². The van der Waals surface area contributed by atoms with E-state index in [0.29, 0.717) is 6.61 Å². The Morgan fingerprint density at radius 1 is 0.880 bits per heavy atom. The molecule has 0 radical (unpaired) electrons. The summed E-state index contributed by atoms with van der Waals surface area (Å²) in [7, 11) is 0. The van der Waals surface area contributed by atoms with Gasteiger partial charge in [0.1, 0.15) is 12.4 Å². The van der Waals surface area contributed by atoms with E-state index in [-0.39, 0.29) is 0 Å². The third-order valence-corrected chi connectivity index (χ3v) is 4.61. The minimum absolute atomic E-state index is 0.571. The van der Waals surface area contributed by atoms with Crippen LogP contribution >= 0.6 is 15.9 Å². The number of rotatable bonds is 6. The molecule has 0 aliphatic heterocycles. The summed E-state index contributed by atoms with van der Waals surface area (Å²) < 4.78 is 7.00. The van der Waals surface area contributed by atoms with Crippen molar-refractivity contribution in [3.63, 3.8) is 0 Å². The van der Waals surface area contributed by atoms with Crippen molar-refractivity contribution >= 4 is 21.6 Å². The van der Waals surface area contributed by atoms with Gasteiger partial charge in [-0.25, -0.2) is 0 Å². The van der Waals surface area contributed by atoms with Gasteiger partial charge in [-0.1, -0.05) is 57.9 Å². The number of hydrogen-bond acceptors (Lipinski definition) is 2. The molecule has 0 atom stereocenters. The van der Waals surface area contributed by atoms with Crippen LogP contribution < -0.4 is 10.1 Å². The lowest BCUT2D eigenvalue weighted by Gasteiger charge is -2.12. The van der Waals surface area contributed by atoms with Crippen molar-refractivity contribution in [2.75, 3.05) is 5.32 Å². The molecule has 0 heterocycles. The van der Waals surface area contributed by atoms with Gasteiger partial charge in [-0.3, -0.25) is 0 Å². The SMILES string of the molecule is Cc1ccc(NCc2cccc(OCc3ccc(Br)cc3)c2)c(C)c1. The molecule has 0 saturated carbocycles. The molecule has 25 heavy (non-hydrogen) atoms. The van der Waals surface area contributed by atoms with E-state index in [1.807, 2.05) is 24.3 Å². The lowest BCUT2D eigenvalue weighted by atomic mass is 10.1. The summed E-state index contributed by atoms with van der Waals surface area (Å²) >= 11 is 3.45. The van der Waals surface area contributed by atoms with Gasteiger partial charge in [0.2, 0.25) is 0 Å². The van der Waals surface area contributed by atoms with E-state index >= 15 is 0 Å². The van der Waals surface area contributed by atoms with E-state index in [1.54, 1.807) is 0 Å². The number of benzene rings is 3. The maximum atomic E-state index is 5.92. The molecule has 0 saturated heterocycles. The number of aryl methyl sites for hydroxylation is 2. The van der Waals surface area contributed by atoms with Gasteiger partial charge in [0.15, 0.2) is 0 Å². The van der Waals surface area contributed by atoms with Crippen molar-refractivity contribution < 1.29 is 4.74 Å². The van der Waals surface area contributed by atoms with Crippen molar-refractivity contribution in [2.45, 2.75) is 27.0 Å². The standard InChI is InChI=1S/C22H22BrNO/c1-16-6-11-22(17(2)12-16)24-14-19-4-3-5-21(13-19)25-15-18-7-9-20(23)10-8-18/h3-13,24H,14-15H2,1-2H3. The maximum Gasteiger partial charge on any atom is 0.120 e. The van der Waals surface area contributed by atoms with Crippen LogP contribution in [0.5, 0.6) is 5.75 Å². The molecule has 2 nitrogen and oxygen atoms in total. The Hall–Kier alpha value is -2.26. The Morgan fingerprint density at radius 3 is 2.44 bits per heavy atom. The molecule has 3 aromatic rings. The zero-order chi connectivity index (χ0) is 17.6. The van der Waals surface area contributed by atoms with Crippen LogP contribution in [0.15, 0.2) is 71.2 Å². The Labute approximate surface area is 158 Å². The van der Waals surface area contributed by atoms with E-state index < -0.39 is 0 Å². The quantitative estimate of drug-likeness (QED) is 0.531. The number of anilines is 1. The Balaban J connectivity index is 1.60. The summed E-state index contributed by atoms with van der Waals surface area (Å²) in [4.78, 5) is 0. The minimum atomic E-state index is 0.571. The molecule has 0 unspecified atom stereocenters. The van der Waals surface area contributed by atoms with Crippen LogP contribution in [0.2, 0.25) is 0 Å². The van der Waals surface area contributed by atoms with Crippen LogP contribution in [0.1, 0.15) is 22.3 Å². The number of nitrogens with one attached hydrogen (secondary N) is 1. The smallest absolute Gasteiger partial charge is 0.120 e. The topological polar surface area (TPSA) is 21.3 Å². The van der Waals surface area contributed by atoms with Crippen LogP contribution in [-0.4, -0.2) is 0 Å². The number of ether oxygens (including phenoxy) is 1. The lowest BCUT2D eigenvalue weighted by molar-refractivity contribution is 0.306. The molecule has 0 fully saturated rings. The molecule has 0 aromatic heterocycles. The lowest BCUT2D eigenvalue weighted by Crippen LogP contribution is -2.02. The molecule has 0 aliphatic rings. The monoisotopic (exact) mass is 395 g/mol. The summed E-state index contributed by atoms with van der Waals surface area (Å²) in [5.74, 6) is 0.892. The van der Waals surface area contributed by atoms with E-state index in [4.69, 9.17) is 4.74 Å². The molecule has 3 heteroatoms. The van der Waals surface area contributed by atoms with Gasteiger partial charge >= 0.3 is 0 Å². The third-order valence-electron chi connectivity index (χ3n) is 4.08. The third kappa shape index (κ3) is 5.10. The number of halogens is 1. The van der Waals surface area contributed by atoms with E-state index in [9.17, 15) is 0 Å². The Morgan fingerprint density at radius 2 is 1.68 bits per heavy atom. The first kappa shape index (κ1) is 17.6. The van der Waals surface area contributed by atoms with Gasteiger partial charge in [0.05, 0.1) is 0 Å². The first-order chi connectivity index (χ1) is 12.1. The largest absolute Gasteiger partial charge is 0.489 e. The predicted octanol–water partition coefficient (Wildman–Crippen LogP) is 6.26. The van der Waals surface area contributed by atoms with Gasteiger partial charge in [0.25, 0.3) is 0 Å². The molecule has 0 spiro atoms. The second-order valence-electron chi connectivity index (χ2n) is 6.23. The van der Waals surface area contributed by atoms with E-state index in [2.05, 4.69) is 77.6 Å². The van der Waals surface area contributed by atoms with Crippen LogP contribution in [0.25, 0.3) is 0 Å². The van der Waals surface area contributed by atoms with Gasteiger partial charge in [-0.05, 0) is 60.9 Å². The van der Waals surface area contributed by atoms with Crippen LogP contribution in [0.4, 0.5) is 5.69 Å². The molecule has 0 amide bonds. The average molecular weight is 396 g/mol. The summed E-state index contributed by atoms with van der Waals surface area (Å²) in [6.45, 7) is 5.59. The zero-order valence-corrected chi connectivity index (χ0v) is 16.1. The van der Waals surface area contributed by atoms with Gasteiger partial charge in [-0.2, -0.15) is 0 Å². The molecular weight excluding hydrogens is 374 g/mol. The van der Waals surface area contributed by atoms with Crippen LogP contribution in [0, 0.1) is 13.8 Å². The van der Waals surface area contributed by atoms with Crippen molar-refractivity contribution in [3.05, 3.63) is 93.5 Å². The molecular formula is C22H22BrNO.